The van der Waals surface area contributed by atoms with E-state index in [1.807, 2.05) is 0 Å². The van der Waals surface area contributed by atoms with Crippen LogP contribution in [0.2, 0.25) is 0 Å². The largest absolute Gasteiger partial charge is 0.519 e. The Morgan fingerprint density at radius 3 is 2.07 bits per heavy atom. The maximum absolute atomic E-state index is 11.8. The summed E-state index contributed by atoms with van der Waals surface area (Å²) in [6, 6.07) is 11.6. The zero-order valence-corrected chi connectivity index (χ0v) is 14.8. The Hall–Kier alpha value is -3.42. The van der Waals surface area contributed by atoms with E-state index < -0.39 is 11.1 Å². The van der Waals surface area contributed by atoms with Gasteiger partial charge in [-0.3, -0.25) is 14.9 Å². The Labute approximate surface area is 156 Å². The maximum Gasteiger partial charge on any atom is 0.519 e. The summed E-state index contributed by atoms with van der Waals surface area (Å²) in [7, 11) is 0. The van der Waals surface area contributed by atoms with Crippen molar-refractivity contribution >= 4 is 17.7 Å². The zero-order valence-electron chi connectivity index (χ0n) is 14.8. The van der Waals surface area contributed by atoms with E-state index in [0.29, 0.717) is 6.54 Å². The average molecular weight is 372 g/mol. The number of hydrogen-bond acceptors (Lipinski definition) is 6. The van der Waals surface area contributed by atoms with E-state index >= 15 is 0 Å². The van der Waals surface area contributed by atoms with Gasteiger partial charge in [-0.25, -0.2) is 4.79 Å². The fourth-order valence-corrected chi connectivity index (χ4v) is 2.18. The number of rotatable bonds is 8. The minimum Gasteiger partial charge on any atom is -0.395 e. The molecule has 2 aromatic rings. The molecule has 0 aromatic heterocycles. The Morgan fingerprint density at radius 1 is 1.00 bits per heavy atom. The number of carbonyl (C=O) groups is 2. The number of hydrogen-bond donors (Lipinski definition) is 1. The Kier molecular flexibility index (Phi) is 7.30. The van der Waals surface area contributed by atoms with Crippen molar-refractivity contribution in [3.05, 3.63) is 64.2 Å². The molecular weight excluding hydrogens is 352 g/mol. The molecule has 0 bridgehead atoms. The van der Waals surface area contributed by atoms with Crippen LogP contribution in [0.1, 0.15) is 25.3 Å². The van der Waals surface area contributed by atoms with Crippen molar-refractivity contribution in [3.8, 4) is 11.5 Å². The first-order chi connectivity index (χ1) is 13.0. The highest BCUT2D eigenvalue weighted by molar-refractivity contribution is 5.78. The first-order valence-electron chi connectivity index (χ1n) is 8.47. The van der Waals surface area contributed by atoms with E-state index in [4.69, 9.17) is 9.47 Å². The van der Waals surface area contributed by atoms with Crippen molar-refractivity contribution in [1.29, 1.82) is 0 Å². The van der Waals surface area contributed by atoms with Crippen LogP contribution in [0.3, 0.4) is 0 Å². The second kappa shape index (κ2) is 9.91. The summed E-state index contributed by atoms with van der Waals surface area (Å²) in [5.41, 5.74) is 0.685. The van der Waals surface area contributed by atoms with Gasteiger partial charge in [0.25, 0.3) is 5.69 Å². The Balaban J connectivity index is 1.83. The third kappa shape index (κ3) is 6.77. The summed E-state index contributed by atoms with van der Waals surface area (Å²) < 4.78 is 9.99. The first kappa shape index (κ1) is 19.9. The number of benzene rings is 2. The minimum atomic E-state index is -0.964. The molecule has 0 spiro atoms. The van der Waals surface area contributed by atoms with Crippen LogP contribution in [0.5, 0.6) is 11.5 Å². The highest BCUT2D eigenvalue weighted by Gasteiger charge is 2.11. The van der Waals surface area contributed by atoms with Gasteiger partial charge in [0.05, 0.1) is 11.3 Å². The lowest BCUT2D eigenvalue weighted by Gasteiger charge is -2.07. The predicted octanol–water partition coefficient (Wildman–Crippen LogP) is 3.63. The molecule has 0 fully saturated rings. The second-order valence-electron chi connectivity index (χ2n) is 5.73. The maximum atomic E-state index is 11.8. The van der Waals surface area contributed by atoms with E-state index in [9.17, 15) is 19.7 Å². The van der Waals surface area contributed by atoms with Crippen LogP contribution >= 0.6 is 0 Å². The summed E-state index contributed by atoms with van der Waals surface area (Å²) in [5.74, 6) is 0.331. The molecule has 0 aliphatic heterocycles. The van der Waals surface area contributed by atoms with Crippen LogP contribution in [0.15, 0.2) is 48.5 Å². The molecule has 8 heteroatoms. The highest BCUT2D eigenvalue weighted by Crippen LogP contribution is 2.19. The Bertz CT molecular complexity index is 787. The van der Waals surface area contributed by atoms with E-state index in [1.54, 1.807) is 24.3 Å². The molecule has 0 saturated heterocycles. The molecule has 8 nitrogen and oxygen atoms in total. The highest BCUT2D eigenvalue weighted by atomic mass is 16.7. The van der Waals surface area contributed by atoms with E-state index in [0.717, 1.165) is 18.4 Å². The van der Waals surface area contributed by atoms with Gasteiger partial charge in [0.2, 0.25) is 5.91 Å². The molecule has 0 heterocycles. The third-order valence-corrected chi connectivity index (χ3v) is 3.59. The lowest BCUT2D eigenvalue weighted by molar-refractivity contribution is -0.384. The normalized spacial score (nSPS) is 10.1. The van der Waals surface area contributed by atoms with E-state index in [-0.39, 0.29) is 29.5 Å². The van der Waals surface area contributed by atoms with Gasteiger partial charge in [0.15, 0.2) is 0 Å². The fourth-order valence-electron chi connectivity index (χ4n) is 2.18. The standard InChI is InChI=1S/C19H20N2O6/c1-2-3-12-20-18(22)13-14-4-8-16(9-5-14)26-19(23)27-17-10-6-15(7-11-17)21(24)25/h4-11H,2-3,12-13H2,1H3,(H,20,22). The summed E-state index contributed by atoms with van der Waals surface area (Å²) in [6.07, 6.45) is 1.24. The molecule has 27 heavy (non-hydrogen) atoms. The lowest BCUT2D eigenvalue weighted by Crippen LogP contribution is -2.25. The van der Waals surface area contributed by atoms with Crippen molar-refractivity contribution in [2.24, 2.45) is 0 Å². The number of unbranched alkanes of at least 4 members (excludes halogenated alkanes) is 1. The van der Waals surface area contributed by atoms with Gasteiger partial charge in [-0.1, -0.05) is 25.5 Å². The van der Waals surface area contributed by atoms with Crippen molar-refractivity contribution in [2.75, 3.05) is 6.54 Å². The zero-order chi connectivity index (χ0) is 19.6. The van der Waals surface area contributed by atoms with Crippen LogP contribution in [-0.2, 0) is 11.2 Å². The number of nitro groups is 1. The van der Waals surface area contributed by atoms with Gasteiger partial charge in [-0.2, -0.15) is 0 Å². The number of amides is 1. The van der Waals surface area contributed by atoms with Crippen LogP contribution in [0.4, 0.5) is 10.5 Å². The summed E-state index contributed by atoms with van der Waals surface area (Å²) in [5, 5.41) is 13.4. The fraction of sp³-hybridized carbons (Fsp3) is 0.263. The molecule has 0 radical (unpaired) electrons. The first-order valence-corrected chi connectivity index (χ1v) is 8.47. The number of nitrogens with zero attached hydrogens (tertiary/aromatic N) is 1. The minimum absolute atomic E-state index is 0.0605. The molecule has 0 atom stereocenters. The van der Waals surface area contributed by atoms with Crippen LogP contribution in [-0.4, -0.2) is 23.5 Å². The molecule has 2 aromatic carbocycles. The molecule has 0 aliphatic carbocycles. The Morgan fingerprint density at radius 2 is 1.56 bits per heavy atom. The summed E-state index contributed by atoms with van der Waals surface area (Å²) in [4.78, 5) is 33.6. The van der Waals surface area contributed by atoms with Crippen LogP contribution in [0.25, 0.3) is 0 Å². The van der Waals surface area contributed by atoms with Gasteiger partial charge < -0.3 is 14.8 Å². The van der Waals surface area contributed by atoms with Crippen LogP contribution in [0, 0.1) is 10.1 Å². The van der Waals surface area contributed by atoms with Gasteiger partial charge >= 0.3 is 6.16 Å². The van der Waals surface area contributed by atoms with Gasteiger partial charge in [0.1, 0.15) is 11.5 Å². The number of non-ortho nitro benzene ring substituents is 1. The second-order valence-corrected chi connectivity index (χ2v) is 5.73. The molecule has 0 unspecified atom stereocenters. The SMILES string of the molecule is CCCCNC(=O)Cc1ccc(OC(=O)Oc2ccc([N+](=O)[O-])cc2)cc1. The van der Waals surface area contributed by atoms with Crippen molar-refractivity contribution in [3.63, 3.8) is 0 Å². The number of ether oxygens (including phenoxy) is 2. The summed E-state index contributed by atoms with van der Waals surface area (Å²) in [6.45, 7) is 2.71. The quantitative estimate of drug-likeness (QED) is 0.249. The smallest absolute Gasteiger partial charge is 0.395 e. The topological polar surface area (TPSA) is 108 Å². The van der Waals surface area contributed by atoms with Crippen molar-refractivity contribution in [2.45, 2.75) is 26.2 Å². The van der Waals surface area contributed by atoms with Gasteiger partial charge in [-0.05, 0) is 36.2 Å². The van der Waals surface area contributed by atoms with Crippen molar-refractivity contribution in [1.82, 2.24) is 5.32 Å². The van der Waals surface area contributed by atoms with E-state index in [2.05, 4.69) is 12.2 Å². The third-order valence-electron chi connectivity index (χ3n) is 3.59. The predicted molar refractivity (Wildman–Crippen MR) is 97.8 cm³/mol. The summed E-state index contributed by atoms with van der Waals surface area (Å²) >= 11 is 0. The number of carbonyl (C=O) groups excluding carboxylic acids is 2. The number of nitrogens with one attached hydrogen (secondary N) is 1. The van der Waals surface area contributed by atoms with Crippen molar-refractivity contribution < 1.29 is 24.0 Å². The van der Waals surface area contributed by atoms with Crippen LogP contribution < -0.4 is 14.8 Å². The number of nitro benzene ring substituents is 1. The van der Waals surface area contributed by atoms with Gasteiger partial charge in [0, 0.05) is 18.7 Å². The monoisotopic (exact) mass is 372 g/mol. The molecule has 1 amide bonds. The molecule has 1 N–H and O–H groups in total. The molecular formula is C19H20N2O6. The molecule has 0 saturated carbocycles. The van der Waals surface area contributed by atoms with Gasteiger partial charge in [-0.15, -0.1) is 0 Å². The molecule has 142 valence electrons. The molecule has 0 aliphatic rings. The van der Waals surface area contributed by atoms with E-state index in [1.165, 1.54) is 24.3 Å². The molecule has 2 rings (SSSR count). The average Bonchev–Trinajstić information content (AvgIpc) is 2.64. The lowest BCUT2D eigenvalue weighted by atomic mass is 10.1.